The monoisotopic (exact) mass is 255 g/mol. The fraction of sp³-hybridized carbons (Fsp3) is 0.0667. The van der Waals surface area contributed by atoms with E-state index in [1.807, 2.05) is 0 Å². The molecule has 96 valence electrons. The summed E-state index contributed by atoms with van der Waals surface area (Å²) in [6.45, 7) is 7.39. The standard InChI is InChI=1S/C15H13NO3/c1-4-11-12(15(17)18-3)8-10-6-7-16-9-14(10)19-13(11)5-2/h4-9H,1-2H2,3H3. The van der Waals surface area contributed by atoms with Crippen LogP contribution >= 0.6 is 0 Å². The molecule has 0 N–H and O–H groups in total. The van der Waals surface area contributed by atoms with Crippen molar-refractivity contribution in [3.63, 3.8) is 0 Å². The summed E-state index contributed by atoms with van der Waals surface area (Å²) in [4.78, 5) is 15.9. The van der Waals surface area contributed by atoms with Crippen molar-refractivity contribution in [3.8, 4) is 5.75 Å². The Morgan fingerprint density at radius 1 is 1.42 bits per heavy atom. The molecule has 1 aromatic rings. The van der Waals surface area contributed by atoms with E-state index in [9.17, 15) is 4.79 Å². The lowest BCUT2D eigenvalue weighted by atomic mass is 10.0. The number of aromatic nitrogens is 1. The first kappa shape index (κ1) is 12.8. The topological polar surface area (TPSA) is 48.4 Å². The van der Waals surface area contributed by atoms with Crippen molar-refractivity contribution in [1.82, 2.24) is 4.98 Å². The van der Waals surface area contributed by atoms with Gasteiger partial charge in [0.05, 0.1) is 18.9 Å². The number of carbonyl (C=O) groups is 1. The molecule has 0 spiro atoms. The first-order valence-corrected chi connectivity index (χ1v) is 5.62. The third kappa shape index (κ3) is 2.33. The van der Waals surface area contributed by atoms with Crippen LogP contribution in [0, 0.1) is 0 Å². The van der Waals surface area contributed by atoms with E-state index in [1.165, 1.54) is 13.2 Å². The van der Waals surface area contributed by atoms with E-state index in [0.29, 0.717) is 22.7 Å². The number of fused-ring (bicyclic) bond motifs is 1. The molecule has 0 radical (unpaired) electrons. The smallest absolute Gasteiger partial charge is 0.338 e. The highest BCUT2D eigenvalue weighted by atomic mass is 16.5. The zero-order chi connectivity index (χ0) is 13.8. The summed E-state index contributed by atoms with van der Waals surface area (Å²) < 4.78 is 10.5. The Kier molecular flexibility index (Phi) is 3.61. The maximum Gasteiger partial charge on any atom is 0.338 e. The maximum absolute atomic E-state index is 11.9. The van der Waals surface area contributed by atoms with E-state index in [4.69, 9.17) is 9.47 Å². The largest absolute Gasteiger partial charge is 0.465 e. The highest BCUT2D eigenvalue weighted by Crippen LogP contribution is 2.31. The number of allylic oxidation sites excluding steroid dienone is 2. The van der Waals surface area contributed by atoms with Crippen molar-refractivity contribution < 1.29 is 14.3 Å². The maximum atomic E-state index is 11.9. The molecule has 1 aliphatic rings. The molecule has 1 aromatic heterocycles. The fourth-order valence-corrected chi connectivity index (χ4v) is 1.78. The van der Waals surface area contributed by atoms with Gasteiger partial charge in [0.1, 0.15) is 5.76 Å². The van der Waals surface area contributed by atoms with Crippen molar-refractivity contribution in [2.75, 3.05) is 7.11 Å². The number of esters is 1. The summed E-state index contributed by atoms with van der Waals surface area (Å²) in [6, 6.07) is 1.75. The van der Waals surface area contributed by atoms with E-state index in [2.05, 4.69) is 18.1 Å². The van der Waals surface area contributed by atoms with Crippen LogP contribution in [0.25, 0.3) is 6.08 Å². The Morgan fingerprint density at radius 3 is 2.84 bits per heavy atom. The Bertz CT molecular complexity index is 612. The lowest BCUT2D eigenvalue weighted by Crippen LogP contribution is -2.08. The molecule has 2 heterocycles. The van der Waals surface area contributed by atoms with E-state index in [-0.39, 0.29) is 0 Å². The normalized spacial score (nSPS) is 13.6. The molecule has 0 amide bonds. The molecular formula is C15H13NO3. The number of methoxy groups -OCH3 is 1. The molecule has 0 aliphatic carbocycles. The highest BCUT2D eigenvalue weighted by Gasteiger charge is 2.21. The third-order valence-electron chi connectivity index (χ3n) is 2.69. The molecule has 19 heavy (non-hydrogen) atoms. The van der Waals surface area contributed by atoms with Gasteiger partial charge in [-0.05, 0) is 18.2 Å². The Labute approximate surface area is 111 Å². The molecule has 4 nitrogen and oxygen atoms in total. The minimum absolute atomic E-state index is 0.373. The number of rotatable bonds is 3. The summed E-state index contributed by atoms with van der Waals surface area (Å²) in [6.07, 6.45) is 7.96. The van der Waals surface area contributed by atoms with Crippen LogP contribution in [0.15, 0.2) is 60.7 Å². The van der Waals surface area contributed by atoms with Crippen LogP contribution in [0.3, 0.4) is 0 Å². The lowest BCUT2D eigenvalue weighted by molar-refractivity contribution is -0.135. The Morgan fingerprint density at radius 2 is 2.21 bits per heavy atom. The zero-order valence-corrected chi connectivity index (χ0v) is 10.6. The molecule has 0 unspecified atom stereocenters. The van der Waals surface area contributed by atoms with Crippen molar-refractivity contribution in [1.29, 1.82) is 0 Å². The first-order valence-electron chi connectivity index (χ1n) is 5.62. The van der Waals surface area contributed by atoms with Crippen LogP contribution in [0.4, 0.5) is 0 Å². The van der Waals surface area contributed by atoms with Crippen LogP contribution in [0.1, 0.15) is 5.56 Å². The lowest BCUT2D eigenvalue weighted by Gasteiger charge is -2.09. The predicted octanol–water partition coefficient (Wildman–Crippen LogP) is 2.66. The van der Waals surface area contributed by atoms with Crippen molar-refractivity contribution >= 4 is 12.0 Å². The summed E-state index contributed by atoms with van der Waals surface area (Å²) in [5, 5.41) is 0. The minimum Gasteiger partial charge on any atom is -0.465 e. The average molecular weight is 255 g/mol. The van der Waals surface area contributed by atoms with Gasteiger partial charge in [-0.3, -0.25) is 4.98 Å². The second kappa shape index (κ2) is 5.35. The first-order chi connectivity index (χ1) is 9.21. The van der Waals surface area contributed by atoms with Crippen LogP contribution in [0.5, 0.6) is 5.75 Å². The fourth-order valence-electron chi connectivity index (χ4n) is 1.78. The second-order valence-corrected chi connectivity index (χ2v) is 3.75. The third-order valence-corrected chi connectivity index (χ3v) is 2.69. The highest BCUT2D eigenvalue weighted by molar-refractivity contribution is 6.00. The van der Waals surface area contributed by atoms with Gasteiger partial charge in [-0.2, -0.15) is 0 Å². The van der Waals surface area contributed by atoms with Gasteiger partial charge in [-0.15, -0.1) is 0 Å². The SMILES string of the molecule is C=CC1=C(C=C)C(C(=O)OC)=Cc2ccncc2O1. The molecule has 4 heteroatoms. The molecule has 0 atom stereocenters. The van der Waals surface area contributed by atoms with E-state index in [0.717, 1.165) is 5.56 Å². The number of pyridine rings is 1. The average Bonchev–Trinajstić information content (AvgIpc) is 2.62. The second-order valence-electron chi connectivity index (χ2n) is 3.75. The minimum atomic E-state index is -0.456. The van der Waals surface area contributed by atoms with Crippen LogP contribution < -0.4 is 4.74 Å². The molecule has 0 saturated heterocycles. The van der Waals surface area contributed by atoms with E-state index < -0.39 is 5.97 Å². The Hall–Kier alpha value is -2.62. The van der Waals surface area contributed by atoms with Crippen LogP contribution in [0.2, 0.25) is 0 Å². The molecule has 1 aliphatic heterocycles. The van der Waals surface area contributed by atoms with Gasteiger partial charge in [0.2, 0.25) is 0 Å². The van der Waals surface area contributed by atoms with Gasteiger partial charge in [-0.25, -0.2) is 4.79 Å². The predicted molar refractivity (Wildman–Crippen MR) is 72.3 cm³/mol. The molecule has 0 bridgehead atoms. The van der Waals surface area contributed by atoms with E-state index in [1.54, 1.807) is 30.6 Å². The summed E-state index contributed by atoms with van der Waals surface area (Å²) in [5.74, 6) is 0.538. The van der Waals surface area contributed by atoms with E-state index >= 15 is 0 Å². The number of nitrogens with zero attached hydrogens (tertiary/aromatic N) is 1. The van der Waals surface area contributed by atoms with Crippen LogP contribution in [-0.4, -0.2) is 18.1 Å². The van der Waals surface area contributed by atoms with Gasteiger partial charge in [0.25, 0.3) is 0 Å². The van der Waals surface area contributed by atoms with Crippen molar-refractivity contribution in [2.45, 2.75) is 0 Å². The zero-order valence-electron chi connectivity index (χ0n) is 10.6. The number of ether oxygens (including phenoxy) is 2. The Balaban J connectivity index is 2.69. The molecular weight excluding hydrogens is 242 g/mol. The van der Waals surface area contributed by atoms with Gasteiger partial charge < -0.3 is 9.47 Å². The number of carbonyl (C=O) groups excluding carboxylic acids is 1. The van der Waals surface area contributed by atoms with Crippen molar-refractivity contribution in [2.24, 2.45) is 0 Å². The summed E-state index contributed by atoms with van der Waals surface area (Å²) in [7, 11) is 1.33. The molecule has 0 aromatic carbocycles. The molecule has 2 rings (SSSR count). The molecule has 0 fully saturated rings. The quantitative estimate of drug-likeness (QED) is 0.779. The van der Waals surface area contributed by atoms with Crippen LogP contribution in [-0.2, 0) is 9.53 Å². The van der Waals surface area contributed by atoms with Gasteiger partial charge in [0, 0.05) is 17.3 Å². The number of hydrogen-bond acceptors (Lipinski definition) is 4. The van der Waals surface area contributed by atoms with Gasteiger partial charge in [-0.1, -0.05) is 19.2 Å². The summed E-state index contributed by atoms with van der Waals surface area (Å²) >= 11 is 0. The molecule has 0 saturated carbocycles. The number of hydrogen-bond donors (Lipinski definition) is 0. The van der Waals surface area contributed by atoms with Crippen molar-refractivity contribution in [3.05, 3.63) is 66.2 Å². The van der Waals surface area contributed by atoms with Gasteiger partial charge in [0.15, 0.2) is 5.75 Å². The van der Waals surface area contributed by atoms with Gasteiger partial charge >= 0.3 is 5.97 Å². The summed E-state index contributed by atoms with van der Waals surface area (Å²) in [5.41, 5.74) is 1.65.